The number of methoxy groups -OCH3 is 1. The molecule has 1 aliphatic rings. The van der Waals surface area contributed by atoms with E-state index in [1.807, 2.05) is 0 Å². The van der Waals surface area contributed by atoms with Crippen molar-refractivity contribution in [3.63, 3.8) is 0 Å². The van der Waals surface area contributed by atoms with Gasteiger partial charge in [0.15, 0.2) is 0 Å². The summed E-state index contributed by atoms with van der Waals surface area (Å²) in [6, 6.07) is 0. The lowest BCUT2D eigenvalue weighted by atomic mass is 9.92. The number of hydrogen-bond acceptors (Lipinski definition) is 5. The van der Waals surface area contributed by atoms with E-state index in [2.05, 4.69) is 46.4 Å². The van der Waals surface area contributed by atoms with E-state index in [-0.39, 0.29) is 8.99 Å². The molecule has 0 amide bonds. The number of H-pyrrole nitrogens is 2. The lowest BCUT2D eigenvalue weighted by molar-refractivity contribution is -0.0135. The van der Waals surface area contributed by atoms with E-state index < -0.39 is 35.7 Å². The Bertz CT molecular complexity index is 639. The van der Waals surface area contributed by atoms with Gasteiger partial charge in [0.05, 0.1) is 11.7 Å². The summed E-state index contributed by atoms with van der Waals surface area (Å²) in [5, 5.41) is 10.5. The Morgan fingerprint density at radius 3 is 2.57 bits per heavy atom. The van der Waals surface area contributed by atoms with Gasteiger partial charge in [0, 0.05) is 16.7 Å². The topological polar surface area (TPSA) is 104 Å². The smallest absolute Gasteiger partial charge is 0.325 e. The monoisotopic (exact) mass is 438 g/mol. The van der Waals surface area contributed by atoms with Crippen LogP contribution in [0.3, 0.4) is 0 Å². The standard InChI is InChI=1S/C15H23IN2O5/c1-4-15(16,5-2)6-9-10(19)12(22-3)11(23-9)8-7-17-14(21)18-13(8)20/h7,9-12,19H,4-6H2,1-3H3,(H2,17,18,20,21)/t9-,10-,11?,12-/m1/s1. The van der Waals surface area contributed by atoms with Crippen molar-refractivity contribution in [1.29, 1.82) is 0 Å². The molecule has 130 valence electrons. The van der Waals surface area contributed by atoms with Crippen molar-refractivity contribution in [2.75, 3.05) is 7.11 Å². The molecule has 1 unspecified atom stereocenters. The normalized spacial score (nSPS) is 28.2. The predicted octanol–water partition coefficient (Wildman–Crippen LogP) is 1.26. The summed E-state index contributed by atoms with van der Waals surface area (Å²) in [5.74, 6) is 0. The van der Waals surface area contributed by atoms with Gasteiger partial charge < -0.3 is 19.6 Å². The maximum absolute atomic E-state index is 12.0. The minimum Gasteiger partial charge on any atom is -0.388 e. The van der Waals surface area contributed by atoms with Crippen LogP contribution in [0, 0.1) is 0 Å². The first kappa shape index (κ1) is 18.6. The van der Waals surface area contributed by atoms with Gasteiger partial charge in [-0.25, -0.2) is 4.79 Å². The number of rotatable bonds is 6. The van der Waals surface area contributed by atoms with Crippen LogP contribution in [0.4, 0.5) is 0 Å². The summed E-state index contributed by atoms with van der Waals surface area (Å²) in [5.41, 5.74) is -0.850. The zero-order chi connectivity index (χ0) is 17.2. The maximum atomic E-state index is 12.0. The fourth-order valence-electron chi connectivity index (χ4n) is 2.95. The second-order valence-corrected chi connectivity index (χ2v) is 8.16. The van der Waals surface area contributed by atoms with Crippen molar-refractivity contribution >= 4 is 22.6 Å². The predicted molar refractivity (Wildman–Crippen MR) is 94.1 cm³/mol. The lowest BCUT2D eigenvalue weighted by Crippen LogP contribution is -2.37. The van der Waals surface area contributed by atoms with Crippen LogP contribution in [0.2, 0.25) is 0 Å². The zero-order valence-electron chi connectivity index (χ0n) is 13.5. The molecular weight excluding hydrogens is 415 g/mol. The third-order valence-corrected chi connectivity index (χ3v) is 6.56. The van der Waals surface area contributed by atoms with Crippen LogP contribution in [0.1, 0.15) is 44.8 Å². The molecule has 0 bridgehead atoms. The molecule has 0 spiro atoms. The third kappa shape index (κ3) is 3.86. The molecule has 1 saturated heterocycles. The van der Waals surface area contributed by atoms with Gasteiger partial charge in [-0.05, 0) is 19.3 Å². The Morgan fingerprint density at radius 2 is 2.04 bits per heavy atom. The summed E-state index contributed by atoms with van der Waals surface area (Å²) in [6.07, 6.45) is 1.28. The highest BCUT2D eigenvalue weighted by molar-refractivity contribution is 14.1. The Balaban J connectivity index is 2.28. The highest BCUT2D eigenvalue weighted by atomic mass is 127. The average Bonchev–Trinajstić information content (AvgIpc) is 2.83. The van der Waals surface area contributed by atoms with Crippen molar-refractivity contribution in [2.24, 2.45) is 0 Å². The number of halogens is 1. The van der Waals surface area contributed by atoms with Gasteiger partial charge in [-0.3, -0.25) is 9.78 Å². The molecule has 1 aromatic heterocycles. The Labute approximate surface area is 147 Å². The summed E-state index contributed by atoms with van der Waals surface area (Å²) < 4.78 is 11.3. The van der Waals surface area contributed by atoms with Gasteiger partial charge in [-0.15, -0.1) is 0 Å². The molecule has 1 fully saturated rings. The molecule has 0 aromatic carbocycles. The van der Waals surface area contributed by atoms with Crippen molar-refractivity contribution in [3.05, 3.63) is 32.6 Å². The van der Waals surface area contributed by atoms with Crippen LogP contribution < -0.4 is 11.2 Å². The van der Waals surface area contributed by atoms with E-state index in [1.54, 1.807) is 0 Å². The Hall–Kier alpha value is -0.710. The fourth-order valence-corrected chi connectivity index (χ4v) is 3.38. The van der Waals surface area contributed by atoms with Gasteiger partial charge in [-0.1, -0.05) is 36.4 Å². The maximum Gasteiger partial charge on any atom is 0.325 e. The van der Waals surface area contributed by atoms with Crippen molar-refractivity contribution in [3.8, 4) is 0 Å². The number of hydrogen-bond donors (Lipinski definition) is 3. The van der Waals surface area contributed by atoms with E-state index in [1.165, 1.54) is 13.3 Å². The minimum atomic E-state index is -0.830. The fraction of sp³-hybridized carbons (Fsp3) is 0.733. The SMILES string of the molecule is CCC(I)(CC)C[C@H]1OC(c2c[nH]c(=O)[nH]c2=O)[C@H](OC)[C@@H]1O. The number of aliphatic hydroxyl groups is 1. The van der Waals surface area contributed by atoms with Crippen molar-refractivity contribution < 1.29 is 14.6 Å². The van der Waals surface area contributed by atoms with E-state index in [0.29, 0.717) is 6.42 Å². The zero-order valence-corrected chi connectivity index (χ0v) is 15.6. The molecule has 23 heavy (non-hydrogen) atoms. The largest absolute Gasteiger partial charge is 0.388 e. The quantitative estimate of drug-likeness (QED) is 0.459. The van der Waals surface area contributed by atoms with E-state index in [9.17, 15) is 14.7 Å². The van der Waals surface area contributed by atoms with Crippen LogP contribution in [0.25, 0.3) is 0 Å². The first-order chi connectivity index (χ1) is 10.8. The van der Waals surface area contributed by atoms with Crippen LogP contribution in [-0.4, -0.2) is 43.9 Å². The lowest BCUT2D eigenvalue weighted by Gasteiger charge is -2.29. The number of alkyl halides is 1. The molecule has 7 nitrogen and oxygen atoms in total. The number of aromatic nitrogens is 2. The molecule has 4 atom stereocenters. The molecule has 0 saturated carbocycles. The Morgan fingerprint density at radius 1 is 1.39 bits per heavy atom. The number of aliphatic hydroxyl groups excluding tert-OH is 1. The van der Waals surface area contributed by atoms with Crippen molar-refractivity contribution in [1.82, 2.24) is 9.97 Å². The molecule has 8 heteroatoms. The number of ether oxygens (including phenoxy) is 2. The summed E-state index contributed by atoms with van der Waals surface area (Å²) in [7, 11) is 1.48. The third-order valence-electron chi connectivity index (χ3n) is 4.60. The van der Waals surface area contributed by atoms with Crippen LogP contribution >= 0.6 is 22.6 Å². The van der Waals surface area contributed by atoms with Crippen molar-refractivity contribution in [2.45, 2.75) is 60.9 Å². The summed E-state index contributed by atoms with van der Waals surface area (Å²) in [6.45, 7) is 4.21. The molecule has 1 aliphatic heterocycles. The molecule has 2 heterocycles. The molecule has 0 aliphatic carbocycles. The average molecular weight is 438 g/mol. The molecular formula is C15H23IN2O5. The first-order valence-electron chi connectivity index (χ1n) is 7.72. The minimum absolute atomic E-state index is 0.0218. The van der Waals surface area contributed by atoms with Crippen LogP contribution in [0.5, 0.6) is 0 Å². The van der Waals surface area contributed by atoms with Gasteiger partial charge >= 0.3 is 5.69 Å². The summed E-state index contributed by atoms with van der Waals surface area (Å²) in [4.78, 5) is 27.8. The first-order valence-corrected chi connectivity index (χ1v) is 8.80. The van der Waals surface area contributed by atoms with E-state index >= 15 is 0 Å². The highest BCUT2D eigenvalue weighted by Crippen LogP contribution is 2.41. The van der Waals surface area contributed by atoms with E-state index in [4.69, 9.17) is 9.47 Å². The molecule has 0 radical (unpaired) electrons. The van der Waals surface area contributed by atoms with E-state index in [0.717, 1.165) is 12.8 Å². The molecule has 3 N–H and O–H groups in total. The highest BCUT2D eigenvalue weighted by Gasteiger charge is 2.47. The van der Waals surface area contributed by atoms with Crippen LogP contribution in [-0.2, 0) is 9.47 Å². The van der Waals surface area contributed by atoms with Crippen LogP contribution in [0.15, 0.2) is 15.8 Å². The molecule has 2 rings (SSSR count). The van der Waals surface area contributed by atoms with Gasteiger partial charge in [0.1, 0.15) is 18.3 Å². The molecule has 1 aromatic rings. The van der Waals surface area contributed by atoms with Gasteiger partial charge in [-0.2, -0.15) is 0 Å². The summed E-state index contributed by atoms with van der Waals surface area (Å²) >= 11 is 2.41. The second kappa shape index (κ2) is 7.45. The Kier molecular flexibility index (Phi) is 6.04. The number of nitrogens with one attached hydrogen (secondary N) is 2. The van der Waals surface area contributed by atoms with Gasteiger partial charge in [0.25, 0.3) is 5.56 Å². The number of aromatic amines is 2. The van der Waals surface area contributed by atoms with Gasteiger partial charge in [0.2, 0.25) is 0 Å². The second-order valence-electron chi connectivity index (χ2n) is 5.88.